The van der Waals surface area contributed by atoms with Crippen LogP contribution in [-0.4, -0.2) is 0 Å². The lowest BCUT2D eigenvalue weighted by molar-refractivity contribution is 0.716. The molecule has 1 heteroatoms. The number of aryl methyl sites for hydroxylation is 1. The van der Waals surface area contributed by atoms with Gasteiger partial charge in [-0.15, -0.1) is 0 Å². The number of allylic oxidation sites excluding steroid dienone is 1. The molecule has 0 nitrogen and oxygen atoms in total. The molecule has 0 heterocycles. The molecule has 0 saturated heterocycles. The van der Waals surface area contributed by atoms with Gasteiger partial charge in [-0.05, 0) is 41.5 Å². The van der Waals surface area contributed by atoms with Crippen LogP contribution in [0.1, 0.15) is 30.9 Å². The molecule has 2 rings (SSSR count). The van der Waals surface area contributed by atoms with E-state index in [1.165, 1.54) is 35.6 Å². The van der Waals surface area contributed by atoms with Crippen LogP contribution < -0.4 is 0 Å². The minimum atomic E-state index is 0.600. The molecule has 2 aromatic rings. The summed E-state index contributed by atoms with van der Waals surface area (Å²) in [5, 5.41) is 0. The van der Waals surface area contributed by atoms with Crippen LogP contribution in [0, 0.1) is 0 Å². The van der Waals surface area contributed by atoms with Gasteiger partial charge >= 0.3 is 0 Å². The van der Waals surface area contributed by atoms with E-state index in [1.54, 1.807) is 0 Å². The van der Waals surface area contributed by atoms with Gasteiger partial charge in [-0.3, -0.25) is 0 Å². The molecule has 0 atom stereocenters. The van der Waals surface area contributed by atoms with Crippen molar-refractivity contribution in [3.63, 3.8) is 0 Å². The first-order valence-corrected chi connectivity index (χ1v) is 7.27. The fourth-order valence-electron chi connectivity index (χ4n) is 2.26. The van der Waals surface area contributed by atoms with Crippen molar-refractivity contribution >= 4 is 0 Å². The molecule has 0 aliphatic rings. The molecule has 104 valence electrons. The van der Waals surface area contributed by atoms with E-state index in [0.29, 0.717) is 12.8 Å². The Hall–Kier alpha value is -1.89. The molecule has 0 saturated carbocycles. The molecular weight excluding hydrogens is 247 g/mol. The predicted molar refractivity (Wildman–Crippen MR) is 84.4 cm³/mol. The molecule has 0 unspecified atom stereocenters. The van der Waals surface area contributed by atoms with Gasteiger partial charge in [-0.1, -0.05) is 68.0 Å². The standard InChI is InChI=1S/C19H21F/c1-2-3-5-16-7-11-18(12-8-16)19-13-9-17(10-14-19)6-4-15-20/h4,7-15H,2-3,5-6H2,1H3/b15-4+. The third-order valence-electron chi connectivity index (χ3n) is 3.50. The highest BCUT2D eigenvalue weighted by Gasteiger charge is 1.99. The number of hydrogen-bond donors (Lipinski definition) is 0. The van der Waals surface area contributed by atoms with Gasteiger partial charge in [-0.25, -0.2) is 4.39 Å². The van der Waals surface area contributed by atoms with Crippen molar-refractivity contribution in [3.8, 4) is 11.1 Å². The maximum absolute atomic E-state index is 12.0. The number of halogens is 1. The fraction of sp³-hybridized carbons (Fsp3) is 0.263. The molecule has 0 bridgehead atoms. The van der Waals surface area contributed by atoms with Crippen molar-refractivity contribution < 1.29 is 4.39 Å². The van der Waals surface area contributed by atoms with Crippen LogP contribution in [0.3, 0.4) is 0 Å². The van der Waals surface area contributed by atoms with E-state index in [-0.39, 0.29) is 0 Å². The molecule has 2 aromatic carbocycles. The highest BCUT2D eigenvalue weighted by atomic mass is 19.1. The molecule has 0 N–H and O–H groups in total. The molecule has 20 heavy (non-hydrogen) atoms. The number of benzene rings is 2. The van der Waals surface area contributed by atoms with Crippen LogP contribution in [0.4, 0.5) is 4.39 Å². The van der Waals surface area contributed by atoms with E-state index in [9.17, 15) is 4.39 Å². The van der Waals surface area contributed by atoms with Crippen molar-refractivity contribution in [1.29, 1.82) is 0 Å². The van der Waals surface area contributed by atoms with Crippen molar-refractivity contribution in [1.82, 2.24) is 0 Å². The summed E-state index contributed by atoms with van der Waals surface area (Å²) in [6, 6.07) is 17.1. The maximum Gasteiger partial charge on any atom is 0.0830 e. The lowest BCUT2D eigenvalue weighted by Crippen LogP contribution is -1.86. The van der Waals surface area contributed by atoms with Gasteiger partial charge in [0.2, 0.25) is 0 Å². The maximum atomic E-state index is 12.0. The minimum absolute atomic E-state index is 0.600. The summed E-state index contributed by atoms with van der Waals surface area (Å²) in [7, 11) is 0. The largest absolute Gasteiger partial charge is 0.216 e. The van der Waals surface area contributed by atoms with Gasteiger partial charge in [0.1, 0.15) is 0 Å². The lowest BCUT2D eigenvalue weighted by atomic mass is 10.0. The van der Waals surface area contributed by atoms with E-state index in [1.807, 2.05) is 0 Å². The normalized spacial score (nSPS) is 11.1. The van der Waals surface area contributed by atoms with Crippen LogP contribution in [0.2, 0.25) is 0 Å². The Morgan fingerprint density at radius 3 is 1.90 bits per heavy atom. The van der Waals surface area contributed by atoms with Crippen molar-refractivity contribution in [2.45, 2.75) is 32.6 Å². The Labute approximate surface area is 121 Å². The van der Waals surface area contributed by atoms with E-state index in [0.717, 1.165) is 12.0 Å². The summed E-state index contributed by atoms with van der Waals surface area (Å²) in [6.45, 7) is 2.22. The smallest absolute Gasteiger partial charge is 0.0830 e. The lowest BCUT2D eigenvalue weighted by Gasteiger charge is -2.05. The monoisotopic (exact) mass is 268 g/mol. The molecule has 0 radical (unpaired) electrons. The molecule has 0 amide bonds. The van der Waals surface area contributed by atoms with Crippen molar-refractivity contribution in [3.05, 3.63) is 72.1 Å². The summed E-state index contributed by atoms with van der Waals surface area (Å²) in [5.74, 6) is 0. The zero-order chi connectivity index (χ0) is 14.2. The number of unbranched alkanes of at least 4 members (excludes halogenated alkanes) is 1. The fourth-order valence-corrected chi connectivity index (χ4v) is 2.26. The summed E-state index contributed by atoms with van der Waals surface area (Å²) < 4.78 is 12.0. The van der Waals surface area contributed by atoms with E-state index >= 15 is 0 Å². The first kappa shape index (κ1) is 14.5. The zero-order valence-electron chi connectivity index (χ0n) is 12.0. The zero-order valence-corrected chi connectivity index (χ0v) is 12.0. The summed E-state index contributed by atoms with van der Waals surface area (Å²) >= 11 is 0. The molecule has 0 aromatic heterocycles. The molecule has 0 fully saturated rings. The van der Waals surface area contributed by atoms with Crippen molar-refractivity contribution in [2.24, 2.45) is 0 Å². The molecule has 0 spiro atoms. The van der Waals surface area contributed by atoms with Gasteiger partial charge in [0.15, 0.2) is 0 Å². The third-order valence-corrected chi connectivity index (χ3v) is 3.50. The van der Waals surface area contributed by atoms with Gasteiger partial charge in [0.25, 0.3) is 0 Å². The molecule has 0 aliphatic heterocycles. The van der Waals surface area contributed by atoms with Crippen LogP contribution in [0.15, 0.2) is 60.9 Å². The van der Waals surface area contributed by atoms with Gasteiger partial charge in [-0.2, -0.15) is 0 Å². The average molecular weight is 268 g/mol. The Morgan fingerprint density at radius 1 is 0.850 bits per heavy atom. The Bertz CT molecular complexity index is 535. The van der Waals surface area contributed by atoms with Gasteiger partial charge in [0, 0.05) is 0 Å². The summed E-state index contributed by atoms with van der Waals surface area (Å²) in [4.78, 5) is 0. The number of hydrogen-bond acceptors (Lipinski definition) is 0. The number of rotatable bonds is 6. The van der Waals surface area contributed by atoms with Crippen LogP contribution in [-0.2, 0) is 12.8 Å². The summed E-state index contributed by atoms with van der Waals surface area (Å²) in [6.07, 6.45) is 6.41. The van der Waals surface area contributed by atoms with Gasteiger partial charge in [0.05, 0.1) is 6.33 Å². The average Bonchev–Trinajstić information content (AvgIpc) is 2.52. The first-order chi connectivity index (χ1) is 9.83. The SMILES string of the molecule is CCCCc1ccc(-c2ccc(C/C=C/F)cc2)cc1. The van der Waals surface area contributed by atoms with Crippen molar-refractivity contribution in [2.75, 3.05) is 0 Å². The first-order valence-electron chi connectivity index (χ1n) is 7.27. The minimum Gasteiger partial charge on any atom is -0.216 e. The predicted octanol–water partition coefficient (Wildman–Crippen LogP) is 5.72. The van der Waals surface area contributed by atoms with Crippen LogP contribution >= 0.6 is 0 Å². The second-order valence-corrected chi connectivity index (χ2v) is 5.06. The molecular formula is C19H21F. The molecule has 0 aliphatic carbocycles. The Balaban J connectivity index is 2.07. The second-order valence-electron chi connectivity index (χ2n) is 5.06. The van der Waals surface area contributed by atoms with E-state index < -0.39 is 0 Å². The Kier molecular flexibility index (Phi) is 5.55. The second kappa shape index (κ2) is 7.64. The highest BCUT2D eigenvalue weighted by Crippen LogP contribution is 2.21. The Morgan fingerprint density at radius 2 is 1.40 bits per heavy atom. The van der Waals surface area contributed by atoms with E-state index in [2.05, 4.69) is 55.5 Å². The highest BCUT2D eigenvalue weighted by molar-refractivity contribution is 5.64. The van der Waals surface area contributed by atoms with Crippen LogP contribution in [0.5, 0.6) is 0 Å². The van der Waals surface area contributed by atoms with Crippen LogP contribution in [0.25, 0.3) is 11.1 Å². The van der Waals surface area contributed by atoms with Gasteiger partial charge < -0.3 is 0 Å². The quantitative estimate of drug-likeness (QED) is 0.628. The summed E-state index contributed by atoms with van der Waals surface area (Å²) in [5.41, 5.74) is 4.97. The third kappa shape index (κ3) is 4.06. The topological polar surface area (TPSA) is 0 Å². The van der Waals surface area contributed by atoms with E-state index in [4.69, 9.17) is 0 Å².